The number of amides is 2. The number of carbonyl (C=O) groups excluding carboxylic acids is 2. The molecule has 9 heteroatoms. The predicted molar refractivity (Wildman–Crippen MR) is 115 cm³/mol. The molecule has 9 nitrogen and oxygen atoms in total. The van der Waals surface area contributed by atoms with Crippen molar-refractivity contribution in [2.45, 2.75) is 58.7 Å². The van der Waals surface area contributed by atoms with Gasteiger partial charge in [0.05, 0.1) is 17.3 Å². The fourth-order valence-electron chi connectivity index (χ4n) is 3.62. The molecule has 2 N–H and O–H groups in total. The van der Waals surface area contributed by atoms with Crippen LogP contribution in [0.5, 0.6) is 0 Å². The van der Waals surface area contributed by atoms with Crippen LogP contribution in [0.4, 0.5) is 5.69 Å². The first-order valence-corrected chi connectivity index (χ1v) is 10.6. The smallest absolute Gasteiger partial charge is 0.222 e. The largest absolute Gasteiger partial charge is 0.381 e. The van der Waals surface area contributed by atoms with Gasteiger partial charge in [-0.1, -0.05) is 0 Å². The number of aromatic nitrogens is 3. The lowest BCUT2D eigenvalue weighted by Gasteiger charge is -2.26. The fourth-order valence-corrected chi connectivity index (χ4v) is 3.62. The van der Waals surface area contributed by atoms with Gasteiger partial charge in [-0.3, -0.25) is 9.59 Å². The molecular weight excluding hydrogens is 384 g/mol. The summed E-state index contributed by atoms with van der Waals surface area (Å²) in [6, 6.07) is 0.306. The summed E-state index contributed by atoms with van der Waals surface area (Å²) in [5.41, 5.74) is 3.64. The van der Waals surface area contributed by atoms with E-state index in [0.717, 1.165) is 60.6 Å². The lowest BCUT2D eigenvalue weighted by Crippen LogP contribution is -2.30. The molecule has 1 aliphatic heterocycles. The van der Waals surface area contributed by atoms with E-state index in [1.165, 1.54) is 4.90 Å². The highest BCUT2D eigenvalue weighted by Gasteiger charge is 2.21. The van der Waals surface area contributed by atoms with Crippen LogP contribution in [0.15, 0.2) is 6.20 Å². The van der Waals surface area contributed by atoms with E-state index in [-0.39, 0.29) is 24.7 Å². The van der Waals surface area contributed by atoms with E-state index in [0.29, 0.717) is 12.6 Å². The molecule has 0 aliphatic carbocycles. The van der Waals surface area contributed by atoms with Crippen molar-refractivity contribution < 1.29 is 14.3 Å². The average molecular weight is 417 g/mol. The molecule has 164 valence electrons. The summed E-state index contributed by atoms with van der Waals surface area (Å²) in [4.78, 5) is 30.3. The zero-order valence-electron chi connectivity index (χ0n) is 18.3. The van der Waals surface area contributed by atoms with E-state index in [1.54, 1.807) is 14.1 Å². The van der Waals surface area contributed by atoms with E-state index >= 15 is 0 Å². The normalized spacial score (nSPS) is 14.7. The van der Waals surface area contributed by atoms with Crippen LogP contribution in [0.25, 0.3) is 11.0 Å². The molecule has 30 heavy (non-hydrogen) atoms. The first-order chi connectivity index (χ1) is 14.4. The number of rotatable bonds is 8. The number of pyridine rings is 1. The molecule has 0 saturated carbocycles. The molecule has 1 saturated heterocycles. The number of nitrogens with one attached hydrogen (secondary N) is 2. The number of anilines is 1. The van der Waals surface area contributed by atoms with Gasteiger partial charge in [-0.2, -0.15) is 5.10 Å². The van der Waals surface area contributed by atoms with Gasteiger partial charge in [0.1, 0.15) is 0 Å². The standard InChI is InChI=1S/C21H32N6O3/c1-5-27-21-17(13-23-27)20(25-15-8-10-30-11-9-15)16(14(2)24-21)12-22-18(28)6-7-19(29)26(3)4/h13,15H,5-12H2,1-4H3,(H,22,28)(H,24,25). The average Bonchev–Trinajstić information content (AvgIpc) is 3.14. The van der Waals surface area contributed by atoms with Crippen molar-refractivity contribution in [1.29, 1.82) is 0 Å². The third-order valence-corrected chi connectivity index (χ3v) is 5.49. The van der Waals surface area contributed by atoms with Gasteiger partial charge in [-0.15, -0.1) is 0 Å². The Morgan fingerprint density at radius 2 is 2.00 bits per heavy atom. The number of carbonyl (C=O) groups is 2. The first kappa shape index (κ1) is 22.0. The van der Waals surface area contributed by atoms with Crippen molar-refractivity contribution in [3.63, 3.8) is 0 Å². The van der Waals surface area contributed by atoms with Crippen LogP contribution >= 0.6 is 0 Å². The third kappa shape index (κ3) is 5.08. The van der Waals surface area contributed by atoms with E-state index in [4.69, 9.17) is 9.72 Å². The molecule has 3 rings (SSSR count). The molecule has 0 radical (unpaired) electrons. The molecule has 2 aromatic heterocycles. The first-order valence-electron chi connectivity index (χ1n) is 10.6. The molecule has 0 spiro atoms. The fraction of sp³-hybridized carbons (Fsp3) is 0.619. The molecule has 0 aromatic carbocycles. The van der Waals surface area contributed by atoms with Gasteiger partial charge >= 0.3 is 0 Å². The summed E-state index contributed by atoms with van der Waals surface area (Å²) in [6.07, 6.45) is 4.08. The number of ether oxygens (including phenoxy) is 1. The predicted octanol–water partition coefficient (Wildman–Crippen LogP) is 1.84. The Morgan fingerprint density at radius 1 is 1.27 bits per heavy atom. The second-order valence-corrected chi connectivity index (χ2v) is 7.84. The van der Waals surface area contributed by atoms with Gasteiger partial charge in [-0.05, 0) is 26.7 Å². The molecule has 2 amide bonds. The van der Waals surface area contributed by atoms with Gasteiger partial charge in [0.25, 0.3) is 0 Å². The molecule has 1 fully saturated rings. The Labute approximate surface area is 177 Å². The Bertz CT molecular complexity index is 902. The van der Waals surface area contributed by atoms with Crippen LogP contribution in [-0.4, -0.2) is 64.8 Å². The van der Waals surface area contributed by atoms with Gasteiger partial charge in [0.2, 0.25) is 11.8 Å². The van der Waals surface area contributed by atoms with E-state index in [9.17, 15) is 9.59 Å². The molecular formula is C21H32N6O3. The number of hydrogen-bond acceptors (Lipinski definition) is 6. The highest BCUT2D eigenvalue weighted by atomic mass is 16.5. The topological polar surface area (TPSA) is 101 Å². The van der Waals surface area contributed by atoms with Crippen LogP contribution in [0.1, 0.15) is 43.9 Å². The monoisotopic (exact) mass is 416 g/mol. The van der Waals surface area contributed by atoms with Crippen molar-refractivity contribution in [2.24, 2.45) is 0 Å². The molecule has 0 unspecified atom stereocenters. The zero-order chi connectivity index (χ0) is 21.7. The SMILES string of the molecule is CCn1ncc2c(NC3CCOCC3)c(CNC(=O)CCC(=O)N(C)C)c(C)nc21. The minimum absolute atomic E-state index is 0.0572. The highest BCUT2D eigenvalue weighted by Crippen LogP contribution is 2.30. The Balaban J connectivity index is 1.81. The van der Waals surface area contributed by atoms with Crippen LogP contribution in [0.2, 0.25) is 0 Å². The van der Waals surface area contributed by atoms with Crippen molar-refractivity contribution in [2.75, 3.05) is 32.6 Å². The molecule has 1 aliphatic rings. The number of fused-ring (bicyclic) bond motifs is 1. The number of aryl methyl sites for hydroxylation is 2. The molecule has 0 atom stereocenters. The zero-order valence-corrected chi connectivity index (χ0v) is 18.3. The van der Waals surface area contributed by atoms with E-state index < -0.39 is 0 Å². The van der Waals surface area contributed by atoms with Crippen molar-refractivity contribution in [1.82, 2.24) is 25.0 Å². The summed E-state index contributed by atoms with van der Waals surface area (Å²) in [5.74, 6) is -0.204. The minimum atomic E-state index is -0.147. The Kier molecular flexibility index (Phi) is 7.25. The lowest BCUT2D eigenvalue weighted by molar-refractivity contribution is -0.131. The van der Waals surface area contributed by atoms with Crippen LogP contribution in [0.3, 0.4) is 0 Å². The van der Waals surface area contributed by atoms with Gasteiger partial charge in [0, 0.05) is 70.5 Å². The second kappa shape index (κ2) is 9.88. The quantitative estimate of drug-likeness (QED) is 0.681. The van der Waals surface area contributed by atoms with Crippen molar-refractivity contribution in [3.05, 3.63) is 17.5 Å². The summed E-state index contributed by atoms with van der Waals surface area (Å²) >= 11 is 0. The van der Waals surface area contributed by atoms with Crippen LogP contribution < -0.4 is 10.6 Å². The molecule has 0 bridgehead atoms. The van der Waals surface area contributed by atoms with Crippen molar-refractivity contribution in [3.8, 4) is 0 Å². The third-order valence-electron chi connectivity index (χ3n) is 5.49. The Morgan fingerprint density at radius 3 is 2.67 bits per heavy atom. The maximum Gasteiger partial charge on any atom is 0.222 e. The van der Waals surface area contributed by atoms with Gasteiger partial charge in [-0.25, -0.2) is 9.67 Å². The van der Waals surface area contributed by atoms with E-state index in [2.05, 4.69) is 15.7 Å². The second-order valence-electron chi connectivity index (χ2n) is 7.84. The van der Waals surface area contributed by atoms with Crippen molar-refractivity contribution >= 4 is 28.5 Å². The van der Waals surface area contributed by atoms with Gasteiger partial charge in [0.15, 0.2) is 5.65 Å². The maximum absolute atomic E-state index is 12.3. The summed E-state index contributed by atoms with van der Waals surface area (Å²) in [6.45, 7) is 6.57. The van der Waals surface area contributed by atoms with E-state index in [1.807, 2.05) is 24.7 Å². The van der Waals surface area contributed by atoms with Crippen LogP contribution in [0, 0.1) is 6.92 Å². The van der Waals surface area contributed by atoms with Crippen LogP contribution in [-0.2, 0) is 27.4 Å². The summed E-state index contributed by atoms with van der Waals surface area (Å²) < 4.78 is 7.37. The van der Waals surface area contributed by atoms with Gasteiger partial charge < -0.3 is 20.3 Å². The molecule has 3 heterocycles. The molecule has 2 aromatic rings. The summed E-state index contributed by atoms with van der Waals surface area (Å²) in [7, 11) is 3.38. The minimum Gasteiger partial charge on any atom is -0.381 e. The highest BCUT2D eigenvalue weighted by molar-refractivity contribution is 5.92. The number of nitrogens with zero attached hydrogens (tertiary/aromatic N) is 4. The lowest BCUT2D eigenvalue weighted by atomic mass is 10.0. The summed E-state index contributed by atoms with van der Waals surface area (Å²) in [5, 5.41) is 12.1. The maximum atomic E-state index is 12.3. The Hall–Kier alpha value is -2.68. The number of hydrogen-bond donors (Lipinski definition) is 2.